The highest BCUT2D eigenvalue weighted by Gasteiger charge is 2.11. The summed E-state index contributed by atoms with van der Waals surface area (Å²) in [6.45, 7) is 7.25. The molecule has 0 radical (unpaired) electrons. The topological polar surface area (TPSA) is 58.6 Å². The Labute approximate surface area is 123 Å². The second-order valence-corrected chi connectivity index (χ2v) is 5.26. The smallest absolute Gasteiger partial charge is 0.307 e. The number of unbranched alkanes of at least 4 members (excludes halogenated alkanes) is 2. The van der Waals surface area contributed by atoms with Crippen molar-refractivity contribution >= 4 is 11.9 Å². The molecule has 0 aromatic rings. The van der Waals surface area contributed by atoms with Crippen LogP contribution in [0.5, 0.6) is 0 Å². The minimum absolute atomic E-state index is 0.0142. The molecule has 0 aromatic carbocycles. The molecule has 0 aliphatic heterocycles. The van der Waals surface area contributed by atoms with Gasteiger partial charge in [-0.1, -0.05) is 26.2 Å². The Hall–Kier alpha value is -1.10. The second kappa shape index (κ2) is 11.7. The van der Waals surface area contributed by atoms with E-state index < -0.39 is 0 Å². The molecule has 1 atom stereocenters. The van der Waals surface area contributed by atoms with Crippen molar-refractivity contribution in [3.8, 4) is 0 Å². The third-order valence-corrected chi connectivity index (χ3v) is 3.06. The van der Waals surface area contributed by atoms with Crippen LogP contribution in [0.4, 0.5) is 0 Å². The van der Waals surface area contributed by atoms with E-state index in [0.717, 1.165) is 12.8 Å². The van der Waals surface area contributed by atoms with Crippen LogP contribution in [0.25, 0.3) is 0 Å². The first-order chi connectivity index (χ1) is 9.49. The molecule has 0 aliphatic rings. The van der Waals surface area contributed by atoms with E-state index in [-0.39, 0.29) is 17.9 Å². The molecule has 118 valence electrons. The normalized spacial score (nSPS) is 12.2. The minimum Gasteiger partial charge on any atom is -0.466 e. The molecular weight excluding hydrogens is 256 g/mol. The molecule has 1 unspecified atom stereocenters. The summed E-state index contributed by atoms with van der Waals surface area (Å²) in [4.78, 5) is 24.8. The molecule has 0 spiro atoms. The molecule has 1 N–H and O–H groups in total. The molecular formula is C15H30N2O3. The maximum absolute atomic E-state index is 11.8. The molecule has 1 amide bonds. The lowest BCUT2D eigenvalue weighted by atomic mass is 10.1. The van der Waals surface area contributed by atoms with Crippen LogP contribution in [0.1, 0.15) is 52.9 Å². The van der Waals surface area contributed by atoms with Crippen LogP contribution in [0.3, 0.4) is 0 Å². The number of hydrogen-bond acceptors (Lipinski definition) is 4. The van der Waals surface area contributed by atoms with Gasteiger partial charge in [-0.15, -0.1) is 0 Å². The van der Waals surface area contributed by atoms with Crippen molar-refractivity contribution in [1.82, 2.24) is 10.2 Å². The summed E-state index contributed by atoms with van der Waals surface area (Å²) in [7, 11) is 1.83. The maximum Gasteiger partial charge on any atom is 0.307 e. The van der Waals surface area contributed by atoms with Gasteiger partial charge >= 0.3 is 5.97 Å². The average molecular weight is 286 g/mol. The fourth-order valence-corrected chi connectivity index (χ4v) is 1.93. The summed E-state index contributed by atoms with van der Waals surface area (Å²) in [5.41, 5.74) is 0. The molecule has 0 bridgehead atoms. The van der Waals surface area contributed by atoms with Crippen molar-refractivity contribution in [3.05, 3.63) is 0 Å². The van der Waals surface area contributed by atoms with Gasteiger partial charge in [0.1, 0.15) is 0 Å². The van der Waals surface area contributed by atoms with Gasteiger partial charge in [-0.2, -0.15) is 0 Å². The molecule has 5 nitrogen and oxygen atoms in total. The number of hydrogen-bond donors (Lipinski definition) is 1. The van der Waals surface area contributed by atoms with Crippen LogP contribution < -0.4 is 5.32 Å². The van der Waals surface area contributed by atoms with Crippen molar-refractivity contribution in [3.63, 3.8) is 0 Å². The lowest BCUT2D eigenvalue weighted by Gasteiger charge is -2.18. The third-order valence-electron chi connectivity index (χ3n) is 3.06. The first kappa shape index (κ1) is 18.9. The Morgan fingerprint density at radius 2 is 1.95 bits per heavy atom. The van der Waals surface area contributed by atoms with Crippen LogP contribution in [0.2, 0.25) is 0 Å². The van der Waals surface area contributed by atoms with Crippen molar-refractivity contribution in [2.45, 2.75) is 58.9 Å². The van der Waals surface area contributed by atoms with Gasteiger partial charge in [0.05, 0.1) is 19.6 Å². The largest absolute Gasteiger partial charge is 0.466 e. The fraction of sp³-hybridized carbons (Fsp3) is 0.867. The number of nitrogens with one attached hydrogen (secondary N) is 1. The molecule has 0 fully saturated rings. The van der Waals surface area contributed by atoms with Gasteiger partial charge in [0.25, 0.3) is 0 Å². The van der Waals surface area contributed by atoms with E-state index in [0.29, 0.717) is 26.1 Å². The van der Waals surface area contributed by atoms with E-state index in [1.807, 2.05) is 18.9 Å². The number of amides is 1. The Balaban J connectivity index is 3.75. The molecule has 0 rings (SSSR count). The number of likely N-dealkylation sites (N-methyl/N-ethyl adjacent to an activating group) is 1. The molecule has 0 aromatic heterocycles. The van der Waals surface area contributed by atoms with Gasteiger partial charge < -0.3 is 10.1 Å². The van der Waals surface area contributed by atoms with E-state index in [1.54, 1.807) is 6.92 Å². The van der Waals surface area contributed by atoms with Crippen LogP contribution in [-0.2, 0) is 14.3 Å². The number of ether oxygens (including phenoxy) is 1. The van der Waals surface area contributed by atoms with Crippen LogP contribution >= 0.6 is 0 Å². The molecule has 0 saturated heterocycles. The highest BCUT2D eigenvalue weighted by Crippen LogP contribution is 2.02. The summed E-state index contributed by atoms with van der Waals surface area (Å²) < 4.78 is 4.85. The fourth-order valence-electron chi connectivity index (χ4n) is 1.93. The van der Waals surface area contributed by atoms with Gasteiger partial charge in [0, 0.05) is 12.6 Å². The number of carbonyl (C=O) groups excluding carboxylic acids is 2. The van der Waals surface area contributed by atoms with E-state index in [4.69, 9.17) is 4.74 Å². The Morgan fingerprint density at radius 1 is 1.25 bits per heavy atom. The Morgan fingerprint density at radius 3 is 2.55 bits per heavy atom. The summed E-state index contributed by atoms with van der Waals surface area (Å²) in [6.07, 6.45) is 4.89. The van der Waals surface area contributed by atoms with E-state index in [2.05, 4.69) is 12.2 Å². The minimum atomic E-state index is -0.215. The van der Waals surface area contributed by atoms with Crippen LogP contribution in [0, 0.1) is 0 Å². The zero-order chi connectivity index (χ0) is 15.4. The number of rotatable bonds is 11. The van der Waals surface area contributed by atoms with Crippen molar-refractivity contribution in [2.75, 3.05) is 26.7 Å². The monoisotopic (exact) mass is 286 g/mol. The molecule has 20 heavy (non-hydrogen) atoms. The van der Waals surface area contributed by atoms with Gasteiger partial charge in [0.15, 0.2) is 0 Å². The van der Waals surface area contributed by atoms with E-state index in [1.165, 1.54) is 12.8 Å². The third kappa shape index (κ3) is 10.8. The quantitative estimate of drug-likeness (QED) is 0.466. The molecule has 0 heterocycles. The van der Waals surface area contributed by atoms with Crippen molar-refractivity contribution in [1.29, 1.82) is 0 Å². The standard InChI is InChI=1S/C15H30N2O3/c1-5-7-8-9-13(3)16-14(18)12-17(4)11-10-15(19)20-6-2/h13H,5-12H2,1-4H3,(H,16,18). The van der Waals surface area contributed by atoms with Crippen LogP contribution in [-0.4, -0.2) is 49.6 Å². The predicted molar refractivity (Wildman–Crippen MR) is 80.5 cm³/mol. The van der Waals surface area contributed by atoms with E-state index in [9.17, 15) is 9.59 Å². The summed E-state index contributed by atoms with van der Waals surface area (Å²) in [5.74, 6) is -0.201. The summed E-state index contributed by atoms with van der Waals surface area (Å²) in [5, 5.41) is 2.99. The van der Waals surface area contributed by atoms with Crippen molar-refractivity contribution in [2.24, 2.45) is 0 Å². The van der Waals surface area contributed by atoms with Gasteiger partial charge in [-0.3, -0.25) is 14.5 Å². The number of nitrogens with zero attached hydrogens (tertiary/aromatic N) is 1. The lowest BCUT2D eigenvalue weighted by molar-refractivity contribution is -0.143. The number of esters is 1. The maximum atomic E-state index is 11.8. The summed E-state index contributed by atoms with van der Waals surface area (Å²) >= 11 is 0. The lowest BCUT2D eigenvalue weighted by Crippen LogP contribution is -2.40. The highest BCUT2D eigenvalue weighted by molar-refractivity contribution is 5.78. The van der Waals surface area contributed by atoms with Crippen molar-refractivity contribution < 1.29 is 14.3 Å². The molecule has 0 saturated carbocycles. The zero-order valence-corrected chi connectivity index (χ0v) is 13.4. The second-order valence-electron chi connectivity index (χ2n) is 5.26. The Kier molecular flexibility index (Phi) is 11.1. The SMILES string of the molecule is CCCCCC(C)NC(=O)CN(C)CCC(=O)OCC. The van der Waals surface area contributed by atoms with Crippen LogP contribution in [0.15, 0.2) is 0 Å². The Bertz CT molecular complexity index is 282. The first-order valence-corrected chi connectivity index (χ1v) is 7.63. The number of carbonyl (C=O) groups is 2. The van der Waals surface area contributed by atoms with Gasteiger partial charge in [-0.05, 0) is 27.3 Å². The van der Waals surface area contributed by atoms with Gasteiger partial charge in [0.2, 0.25) is 5.91 Å². The zero-order valence-electron chi connectivity index (χ0n) is 13.4. The average Bonchev–Trinajstić information content (AvgIpc) is 2.36. The molecule has 0 aliphatic carbocycles. The first-order valence-electron chi connectivity index (χ1n) is 7.63. The molecule has 5 heteroatoms. The van der Waals surface area contributed by atoms with E-state index >= 15 is 0 Å². The van der Waals surface area contributed by atoms with Gasteiger partial charge in [-0.25, -0.2) is 0 Å². The highest BCUT2D eigenvalue weighted by atomic mass is 16.5. The summed E-state index contributed by atoms with van der Waals surface area (Å²) in [6, 6.07) is 0.215. The predicted octanol–water partition coefficient (Wildman–Crippen LogP) is 1.96.